The molecule has 1 aliphatic rings. The lowest BCUT2D eigenvalue weighted by Gasteiger charge is -2.21. The molecule has 1 aromatic carbocycles. The zero-order valence-corrected chi connectivity index (χ0v) is 19.7. The molecule has 2 aromatic rings. The Balaban J connectivity index is 1.69. The lowest BCUT2D eigenvalue weighted by molar-refractivity contribution is -0.151. The Morgan fingerprint density at radius 3 is 2.66 bits per heavy atom. The van der Waals surface area contributed by atoms with Gasteiger partial charge in [0.05, 0.1) is 20.3 Å². The first-order chi connectivity index (χ1) is 16.9. The van der Waals surface area contributed by atoms with Crippen molar-refractivity contribution >= 4 is 17.8 Å². The van der Waals surface area contributed by atoms with Crippen LogP contribution in [0.2, 0.25) is 0 Å². The molecule has 0 radical (unpaired) electrons. The third kappa shape index (κ3) is 7.57. The molecule has 3 atom stereocenters. The lowest BCUT2D eigenvalue weighted by atomic mass is 10.2. The molecule has 1 aromatic heterocycles. The number of esters is 2. The highest BCUT2D eigenvalue weighted by atomic mass is 16.7. The van der Waals surface area contributed by atoms with E-state index < -0.39 is 36.8 Å². The number of pyridine rings is 1. The number of rotatable bonds is 8. The van der Waals surface area contributed by atoms with Crippen molar-refractivity contribution in [3.05, 3.63) is 48.3 Å². The number of hydrogen-bond donors (Lipinski definition) is 1. The molecular weight excluding hydrogens is 460 g/mol. The lowest BCUT2D eigenvalue weighted by Crippen LogP contribution is -2.45. The van der Waals surface area contributed by atoms with E-state index in [1.807, 2.05) is 30.3 Å². The van der Waals surface area contributed by atoms with Gasteiger partial charge in [0.15, 0.2) is 23.2 Å². The highest BCUT2D eigenvalue weighted by Crippen LogP contribution is 2.29. The third-order valence-electron chi connectivity index (χ3n) is 4.91. The number of cyclic esters (lactones) is 1. The van der Waals surface area contributed by atoms with E-state index in [1.165, 1.54) is 26.3 Å². The van der Waals surface area contributed by atoms with E-state index >= 15 is 0 Å². The van der Waals surface area contributed by atoms with E-state index in [2.05, 4.69) is 10.3 Å². The first-order valence-corrected chi connectivity index (χ1v) is 11.0. The van der Waals surface area contributed by atoms with E-state index in [-0.39, 0.29) is 36.5 Å². The summed E-state index contributed by atoms with van der Waals surface area (Å²) in [4.78, 5) is 40.8. The van der Waals surface area contributed by atoms with Gasteiger partial charge in [0, 0.05) is 25.6 Å². The molecule has 0 spiro atoms. The number of aromatic nitrogens is 1. The maximum atomic E-state index is 13.0. The second-order valence-electron chi connectivity index (χ2n) is 7.69. The molecule has 11 heteroatoms. The predicted octanol–water partition coefficient (Wildman–Crippen LogP) is 1.89. The number of carbonyl (C=O) groups is 3. The van der Waals surface area contributed by atoms with Crippen molar-refractivity contribution < 1.29 is 42.8 Å². The topological polar surface area (TPSA) is 132 Å². The van der Waals surface area contributed by atoms with E-state index in [9.17, 15) is 14.4 Å². The molecule has 1 aliphatic heterocycles. The number of ether oxygens (including phenoxy) is 6. The van der Waals surface area contributed by atoms with Gasteiger partial charge in [-0.05, 0) is 19.1 Å². The predicted molar refractivity (Wildman–Crippen MR) is 121 cm³/mol. The maximum absolute atomic E-state index is 13.0. The first-order valence-electron chi connectivity index (χ1n) is 11.0. The van der Waals surface area contributed by atoms with Crippen LogP contribution < -0.4 is 19.5 Å². The Hall–Kier alpha value is -3.86. The normalized spacial score (nSPS) is 20.3. The minimum Gasteiger partial charge on any atom is -0.493 e. The average molecular weight is 488 g/mol. The number of hydrogen-bond acceptors (Lipinski definition) is 10. The summed E-state index contributed by atoms with van der Waals surface area (Å²) in [5.74, 6) is -1.12. The zero-order valence-electron chi connectivity index (χ0n) is 19.7. The number of nitrogens with one attached hydrogen (secondary N) is 1. The van der Waals surface area contributed by atoms with Gasteiger partial charge < -0.3 is 33.7 Å². The molecule has 2 heterocycles. The van der Waals surface area contributed by atoms with E-state index in [4.69, 9.17) is 28.4 Å². The fourth-order valence-electron chi connectivity index (χ4n) is 3.32. The molecule has 35 heavy (non-hydrogen) atoms. The molecule has 1 amide bonds. The Kier molecular flexibility index (Phi) is 9.24. The van der Waals surface area contributed by atoms with Gasteiger partial charge >= 0.3 is 11.9 Å². The maximum Gasteiger partial charge on any atom is 0.331 e. The molecule has 0 bridgehead atoms. The Morgan fingerprint density at radius 1 is 1.17 bits per heavy atom. The standard InChI is InChI=1S/C24H28N2O9/c1-15-11-18(35-17-7-5-4-6-8-17)12-31-13-19(24(29)34-15)26-23(28)21-22(33-14-32-16(2)27)20(30-3)9-10-25-21/h4-10,15,18-19H,11-14H2,1-3H3,(H,26,28)/t15?,18?,19-/m0/s1. The Morgan fingerprint density at radius 2 is 1.94 bits per heavy atom. The summed E-state index contributed by atoms with van der Waals surface area (Å²) >= 11 is 0. The van der Waals surface area contributed by atoms with E-state index in [0.717, 1.165) is 0 Å². The van der Waals surface area contributed by atoms with Crippen molar-refractivity contribution in [1.82, 2.24) is 10.3 Å². The van der Waals surface area contributed by atoms with Gasteiger partial charge in [0.25, 0.3) is 5.91 Å². The van der Waals surface area contributed by atoms with E-state index in [0.29, 0.717) is 12.2 Å². The molecule has 0 aliphatic carbocycles. The number of amides is 1. The van der Waals surface area contributed by atoms with Crippen LogP contribution >= 0.6 is 0 Å². The van der Waals surface area contributed by atoms with Crippen molar-refractivity contribution in [2.45, 2.75) is 38.5 Å². The summed E-state index contributed by atoms with van der Waals surface area (Å²) < 4.78 is 32.6. The van der Waals surface area contributed by atoms with Crippen LogP contribution in [0.5, 0.6) is 17.2 Å². The molecule has 1 fully saturated rings. The summed E-state index contributed by atoms with van der Waals surface area (Å²) in [5, 5.41) is 2.57. The van der Waals surface area contributed by atoms with Crippen LogP contribution in [0.3, 0.4) is 0 Å². The van der Waals surface area contributed by atoms with Crippen molar-refractivity contribution in [2.24, 2.45) is 0 Å². The number of methoxy groups -OCH3 is 1. The van der Waals surface area contributed by atoms with Gasteiger partial charge in [-0.1, -0.05) is 18.2 Å². The highest BCUT2D eigenvalue weighted by Gasteiger charge is 2.31. The van der Waals surface area contributed by atoms with Crippen LogP contribution in [-0.2, 0) is 23.8 Å². The van der Waals surface area contributed by atoms with Gasteiger partial charge in [-0.25, -0.2) is 9.78 Å². The molecule has 11 nitrogen and oxygen atoms in total. The van der Waals surface area contributed by atoms with Crippen LogP contribution in [-0.4, -0.2) is 68.2 Å². The minimum absolute atomic E-state index is 0.0456. The van der Waals surface area contributed by atoms with Gasteiger partial charge in [0.2, 0.25) is 6.79 Å². The van der Waals surface area contributed by atoms with Crippen molar-refractivity contribution in [3.8, 4) is 17.2 Å². The third-order valence-corrected chi connectivity index (χ3v) is 4.91. The van der Waals surface area contributed by atoms with Crippen molar-refractivity contribution in [2.75, 3.05) is 27.1 Å². The molecule has 2 unspecified atom stereocenters. The molecule has 1 N–H and O–H groups in total. The number of nitrogens with zero attached hydrogens (tertiary/aromatic N) is 1. The number of para-hydroxylation sites is 1. The largest absolute Gasteiger partial charge is 0.493 e. The smallest absolute Gasteiger partial charge is 0.331 e. The Labute approximate surface area is 202 Å². The summed E-state index contributed by atoms with van der Waals surface area (Å²) in [7, 11) is 1.38. The second-order valence-corrected chi connectivity index (χ2v) is 7.69. The number of benzene rings is 1. The Bertz CT molecular complexity index is 1020. The molecule has 188 valence electrons. The molecule has 1 saturated heterocycles. The molecule has 0 saturated carbocycles. The van der Waals surface area contributed by atoms with Gasteiger partial charge in [-0.3, -0.25) is 9.59 Å². The fourth-order valence-corrected chi connectivity index (χ4v) is 3.32. The SMILES string of the molecule is COc1ccnc(C(=O)N[C@H]2COCC(Oc3ccccc3)CC(C)OC2=O)c1OCOC(C)=O. The highest BCUT2D eigenvalue weighted by molar-refractivity contribution is 5.98. The van der Waals surface area contributed by atoms with Crippen molar-refractivity contribution in [3.63, 3.8) is 0 Å². The fraction of sp³-hybridized carbons (Fsp3) is 0.417. The van der Waals surface area contributed by atoms with Crippen LogP contribution in [0.4, 0.5) is 0 Å². The second kappa shape index (κ2) is 12.6. The molecule has 3 rings (SSSR count). The van der Waals surface area contributed by atoms with Crippen LogP contribution in [0.15, 0.2) is 42.6 Å². The zero-order chi connectivity index (χ0) is 25.2. The summed E-state index contributed by atoms with van der Waals surface area (Å²) in [5.41, 5.74) is -0.164. The van der Waals surface area contributed by atoms with Gasteiger partial charge in [-0.2, -0.15) is 0 Å². The minimum atomic E-state index is -1.10. The van der Waals surface area contributed by atoms with Crippen LogP contribution in [0.1, 0.15) is 30.8 Å². The van der Waals surface area contributed by atoms with Crippen LogP contribution in [0, 0.1) is 0 Å². The van der Waals surface area contributed by atoms with E-state index in [1.54, 1.807) is 6.92 Å². The van der Waals surface area contributed by atoms with Crippen molar-refractivity contribution in [1.29, 1.82) is 0 Å². The van der Waals surface area contributed by atoms with Gasteiger partial charge in [-0.15, -0.1) is 0 Å². The van der Waals surface area contributed by atoms with Crippen LogP contribution in [0.25, 0.3) is 0 Å². The summed E-state index contributed by atoms with van der Waals surface area (Å²) in [6, 6.07) is 9.63. The first kappa shape index (κ1) is 25.8. The van der Waals surface area contributed by atoms with Gasteiger partial charge in [0.1, 0.15) is 18.0 Å². The summed E-state index contributed by atoms with van der Waals surface area (Å²) in [6.07, 6.45) is 0.927. The summed E-state index contributed by atoms with van der Waals surface area (Å²) in [6.45, 7) is 2.56. The number of carbonyl (C=O) groups excluding carboxylic acids is 3. The monoisotopic (exact) mass is 488 g/mol. The quantitative estimate of drug-likeness (QED) is 0.434. The average Bonchev–Trinajstić information content (AvgIpc) is 2.88. The molecular formula is C24H28N2O9.